The number of nitrogens with one attached hydrogen (secondary N) is 1. The van der Waals surface area contributed by atoms with Crippen molar-refractivity contribution in [3.63, 3.8) is 0 Å². The number of hydrogen-bond donors (Lipinski definition) is 1. The van der Waals surface area contributed by atoms with Crippen molar-refractivity contribution < 1.29 is 14.3 Å². The van der Waals surface area contributed by atoms with Crippen molar-refractivity contribution in [1.82, 2.24) is 9.80 Å². The van der Waals surface area contributed by atoms with E-state index in [4.69, 9.17) is 4.74 Å². The zero-order chi connectivity index (χ0) is 18.5. The zero-order valence-corrected chi connectivity index (χ0v) is 15.8. The number of thiophene rings is 1. The number of piperazine rings is 1. The minimum absolute atomic E-state index is 0.0377. The van der Waals surface area contributed by atoms with Crippen LogP contribution in [0, 0.1) is 0 Å². The summed E-state index contributed by atoms with van der Waals surface area (Å²) in [5.41, 5.74) is 1.24. The molecule has 0 spiro atoms. The van der Waals surface area contributed by atoms with E-state index in [0.29, 0.717) is 23.0 Å². The summed E-state index contributed by atoms with van der Waals surface area (Å²) in [6.45, 7) is 5.45. The number of anilines is 1. The van der Waals surface area contributed by atoms with Crippen molar-refractivity contribution >= 4 is 28.2 Å². The first-order valence-electron chi connectivity index (χ1n) is 8.57. The van der Waals surface area contributed by atoms with Crippen molar-refractivity contribution in [3.05, 3.63) is 46.8 Å². The Morgan fingerprint density at radius 2 is 1.77 bits per heavy atom. The fraction of sp³-hybridized carbons (Fsp3) is 0.368. The van der Waals surface area contributed by atoms with E-state index in [2.05, 4.69) is 22.3 Å². The summed E-state index contributed by atoms with van der Waals surface area (Å²) in [6.07, 6.45) is 0. The summed E-state index contributed by atoms with van der Waals surface area (Å²) in [7, 11) is 1.66. The van der Waals surface area contributed by atoms with E-state index < -0.39 is 0 Å². The molecule has 2 heterocycles. The van der Waals surface area contributed by atoms with Gasteiger partial charge in [0.15, 0.2) is 0 Å². The lowest BCUT2D eigenvalue weighted by molar-refractivity contribution is -0.114. The molecule has 1 aromatic heterocycles. The van der Waals surface area contributed by atoms with Crippen LogP contribution in [0.15, 0.2) is 36.4 Å². The maximum absolute atomic E-state index is 12.6. The Kier molecular flexibility index (Phi) is 5.90. The Labute approximate surface area is 157 Å². The van der Waals surface area contributed by atoms with E-state index in [1.807, 2.05) is 17.0 Å². The summed E-state index contributed by atoms with van der Waals surface area (Å²) in [6, 6.07) is 11.6. The highest BCUT2D eigenvalue weighted by atomic mass is 32.1. The number of ether oxygens (including phenoxy) is 1. The first kappa shape index (κ1) is 18.4. The number of nitrogens with zero attached hydrogens (tertiary/aromatic N) is 2. The molecule has 0 bridgehead atoms. The topological polar surface area (TPSA) is 61.9 Å². The lowest BCUT2D eigenvalue weighted by Gasteiger charge is -2.34. The highest BCUT2D eigenvalue weighted by Gasteiger charge is 2.23. The maximum atomic E-state index is 12.6. The molecular weight excluding hydrogens is 350 g/mol. The third kappa shape index (κ3) is 4.62. The number of carbonyl (C=O) groups is 2. The van der Waals surface area contributed by atoms with Crippen molar-refractivity contribution in [1.29, 1.82) is 0 Å². The van der Waals surface area contributed by atoms with Gasteiger partial charge in [-0.1, -0.05) is 12.1 Å². The van der Waals surface area contributed by atoms with Gasteiger partial charge in [-0.3, -0.25) is 14.5 Å². The van der Waals surface area contributed by atoms with E-state index in [-0.39, 0.29) is 11.8 Å². The van der Waals surface area contributed by atoms with Gasteiger partial charge in [-0.15, -0.1) is 11.3 Å². The van der Waals surface area contributed by atoms with Crippen LogP contribution in [0.5, 0.6) is 5.75 Å². The van der Waals surface area contributed by atoms with Crippen LogP contribution in [0.1, 0.15) is 22.2 Å². The number of methoxy groups -OCH3 is 1. The van der Waals surface area contributed by atoms with E-state index >= 15 is 0 Å². The Morgan fingerprint density at radius 1 is 1.08 bits per heavy atom. The minimum Gasteiger partial charge on any atom is -0.497 e. The van der Waals surface area contributed by atoms with Crippen LogP contribution in [0.2, 0.25) is 0 Å². The van der Waals surface area contributed by atoms with Gasteiger partial charge in [-0.25, -0.2) is 0 Å². The summed E-state index contributed by atoms with van der Waals surface area (Å²) in [5, 5.41) is 3.42. The van der Waals surface area contributed by atoms with Gasteiger partial charge < -0.3 is 15.0 Å². The number of amides is 2. The zero-order valence-electron chi connectivity index (χ0n) is 15.0. The Morgan fingerprint density at radius 3 is 2.38 bits per heavy atom. The molecule has 1 fully saturated rings. The molecule has 26 heavy (non-hydrogen) atoms. The molecule has 1 saturated heterocycles. The van der Waals surface area contributed by atoms with E-state index in [0.717, 1.165) is 25.4 Å². The van der Waals surface area contributed by atoms with E-state index in [1.165, 1.54) is 23.8 Å². The van der Waals surface area contributed by atoms with Crippen molar-refractivity contribution in [2.75, 3.05) is 38.6 Å². The molecule has 0 saturated carbocycles. The fourth-order valence-electron chi connectivity index (χ4n) is 2.95. The van der Waals surface area contributed by atoms with Gasteiger partial charge in [0.25, 0.3) is 5.91 Å². The molecule has 7 heteroatoms. The monoisotopic (exact) mass is 373 g/mol. The Bertz CT molecular complexity index is 765. The third-order valence-electron chi connectivity index (χ3n) is 4.34. The normalized spacial score (nSPS) is 14.9. The standard InChI is InChI=1S/C19H23N3O3S/c1-14(23)20-18-8-7-17(26-18)19(24)22-11-9-21(10-12-22)13-15-3-5-16(25-2)6-4-15/h3-8H,9-13H2,1-2H3,(H,20,23). The molecule has 6 nitrogen and oxygen atoms in total. The molecule has 0 radical (unpaired) electrons. The van der Waals surface area contributed by atoms with Gasteiger partial charge in [-0.2, -0.15) is 0 Å². The third-order valence-corrected chi connectivity index (χ3v) is 5.33. The van der Waals surface area contributed by atoms with Crippen LogP contribution in [0.4, 0.5) is 5.00 Å². The smallest absolute Gasteiger partial charge is 0.264 e. The summed E-state index contributed by atoms with van der Waals surface area (Å²) < 4.78 is 5.18. The molecule has 3 rings (SSSR count). The Balaban J connectivity index is 1.51. The van der Waals surface area contributed by atoms with Crippen molar-refractivity contribution in [2.24, 2.45) is 0 Å². The molecule has 2 amide bonds. The molecule has 1 N–H and O–H groups in total. The largest absolute Gasteiger partial charge is 0.497 e. The van der Waals surface area contributed by atoms with Crippen LogP contribution in [0.25, 0.3) is 0 Å². The highest BCUT2D eigenvalue weighted by Crippen LogP contribution is 2.24. The number of benzene rings is 1. The maximum Gasteiger partial charge on any atom is 0.264 e. The molecule has 1 aromatic carbocycles. The average Bonchev–Trinajstić information content (AvgIpc) is 3.10. The second kappa shape index (κ2) is 8.33. The average molecular weight is 373 g/mol. The van der Waals surface area contributed by atoms with Crippen LogP contribution in [-0.4, -0.2) is 54.9 Å². The molecule has 0 unspecified atom stereocenters. The van der Waals surface area contributed by atoms with Crippen molar-refractivity contribution in [2.45, 2.75) is 13.5 Å². The predicted octanol–water partition coefficient (Wildman–Crippen LogP) is 2.67. The number of carbonyl (C=O) groups excluding carboxylic acids is 2. The summed E-state index contributed by atoms with van der Waals surface area (Å²) in [4.78, 5) is 28.6. The van der Waals surface area contributed by atoms with Gasteiger partial charge in [0, 0.05) is 39.6 Å². The van der Waals surface area contributed by atoms with Gasteiger partial charge in [0.2, 0.25) is 5.91 Å². The quantitative estimate of drug-likeness (QED) is 0.875. The van der Waals surface area contributed by atoms with E-state index in [1.54, 1.807) is 19.2 Å². The van der Waals surface area contributed by atoms with Gasteiger partial charge in [0.05, 0.1) is 17.0 Å². The van der Waals surface area contributed by atoms with Crippen LogP contribution < -0.4 is 10.1 Å². The predicted molar refractivity (Wildman–Crippen MR) is 103 cm³/mol. The molecule has 138 valence electrons. The SMILES string of the molecule is COc1ccc(CN2CCN(C(=O)c3ccc(NC(C)=O)s3)CC2)cc1. The number of rotatable bonds is 5. The second-order valence-electron chi connectivity index (χ2n) is 6.26. The van der Waals surface area contributed by atoms with E-state index in [9.17, 15) is 9.59 Å². The molecule has 0 aliphatic carbocycles. The molecule has 2 aromatic rings. The van der Waals surface area contributed by atoms with Gasteiger partial charge in [-0.05, 0) is 29.8 Å². The number of hydrogen-bond acceptors (Lipinski definition) is 5. The molecular formula is C19H23N3O3S. The first-order valence-corrected chi connectivity index (χ1v) is 9.39. The molecule has 1 aliphatic heterocycles. The lowest BCUT2D eigenvalue weighted by atomic mass is 10.2. The van der Waals surface area contributed by atoms with Crippen LogP contribution >= 0.6 is 11.3 Å². The lowest BCUT2D eigenvalue weighted by Crippen LogP contribution is -2.48. The second-order valence-corrected chi connectivity index (χ2v) is 7.35. The minimum atomic E-state index is -0.127. The summed E-state index contributed by atoms with van der Waals surface area (Å²) >= 11 is 1.32. The van der Waals surface area contributed by atoms with Crippen molar-refractivity contribution in [3.8, 4) is 5.75 Å². The van der Waals surface area contributed by atoms with Crippen LogP contribution in [-0.2, 0) is 11.3 Å². The molecule has 0 atom stereocenters. The Hall–Kier alpha value is -2.38. The molecule has 1 aliphatic rings. The fourth-order valence-corrected chi connectivity index (χ4v) is 3.87. The van der Waals surface area contributed by atoms with Crippen LogP contribution in [0.3, 0.4) is 0 Å². The van der Waals surface area contributed by atoms with Gasteiger partial charge >= 0.3 is 0 Å². The van der Waals surface area contributed by atoms with Gasteiger partial charge in [0.1, 0.15) is 5.75 Å². The summed E-state index contributed by atoms with van der Waals surface area (Å²) in [5.74, 6) is 0.771. The first-order chi connectivity index (χ1) is 12.5. The highest BCUT2D eigenvalue weighted by molar-refractivity contribution is 7.18.